The van der Waals surface area contributed by atoms with E-state index >= 15 is 0 Å². The van der Waals surface area contributed by atoms with Gasteiger partial charge in [-0.05, 0) is 31.0 Å². The Labute approximate surface area is 151 Å². The SMILES string of the molecule is CC(C)[C@@H](C)NC(=O)COC(=O)c1cc2c(s1)-c1ccccc1OC2. The molecule has 1 aromatic carbocycles. The third kappa shape index (κ3) is 3.85. The van der Waals surface area contributed by atoms with Crippen LogP contribution in [0.1, 0.15) is 36.0 Å². The highest BCUT2D eigenvalue weighted by atomic mass is 32.1. The summed E-state index contributed by atoms with van der Waals surface area (Å²) in [7, 11) is 0. The van der Waals surface area contributed by atoms with Crippen molar-refractivity contribution in [2.24, 2.45) is 5.92 Å². The molecule has 0 fully saturated rings. The molecule has 0 spiro atoms. The van der Waals surface area contributed by atoms with Gasteiger partial charge in [-0.2, -0.15) is 0 Å². The van der Waals surface area contributed by atoms with E-state index in [0.717, 1.165) is 21.8 Å². The van der Waals surface area contributed by atoms with Crippen LogP contribution in [0.3, 0.4) is 0 Å². The lowest BCUT2D eigenvalue weighted by molar-refractivity contribution is -0.125. The van der Waals surface area contributed by atoms with Crippen molar-refractivity contribution < 1.29 is 19.1 Å². The van der Waals surface area contributed by atoms with Crippen molar-refractivity contribution >= 4 is 23.2 Å². The molecular formula is C19H21NO4S. The molecule has 0 bridgehead atoms. The Hall–Kier alpha value is -2.34. The van der Waals surface area contributed by atoms with E-state index in [0.29, 0.717) is 17.4 Å². The summed E-state index contributed by atoms with van der Waals surface area (Å²) in [5, 5.41) is 2.82. The summed E-state index contributed by atoms with van der Waals surface area (Å²) < 4.78 is 10.9. The third-order valence-electron chi connectivity index (χ3n) is 4.25. The number of carbonyl (C=O) groups excluding carboxylic acids is 2. The predicted octanol–water partition coefficient (Wildman–Crippen LogP) is 3.63. The first-order valence-corrected chi connectivity index (χ1v) is 9.08. The van der Waals surface area contributed by atoms with Crippen LogP contribution in [0.4, 0.5) is 0 Å². The Balaban J connectivity index is 1.65. The summed E-state index contributed by atoms with van der Waals surface area (Å²) in [6.07, 6.45) is 0. The van der Waals surface area contributed by atoms with Gasteiger partial charge in [0.05, 0.1) is 0 Å². The standard InChI is InChI=1S/C19H21NO4S/c1-11(2)12(3)20-17(21)10-24-19(22)16-8-13-9-23-15-7-5-4-6-14(15)18(13)25-16/h4-8,11-12H,9-10H2,1-3H3,(H,20,21)/t12-/m1/s1. The molecule has 0 aliphatic carbocycles. The molecule has 1 N–H and O–H groups in total. The predicted molar refractivity (Wildman–Crippen MR) is 96.8 cm³/mol. The van der Waals surface area contributed by atoms with Gasteiger partial charge in [-0.25, -0.2) is 4.79 Å². The van der Waals surface area contributed by atoms with Crippen LogP contribution in [-0.4, -0.2) is 24.5 Å². The fourth-order valence-electron chi connectivity index (χ4n) is 2.46. The number of benzene rings is 1. The number of rotatable bonds is 5. The maximum Gasteiger partial charge on any atom is 0.348 e. The van der Waals surface area contributed by atoms with Crippen LogP contribution in [-0.2, 0) is 16.1 Å². The molecule has 5 nitrogen and oxygen atoms in total. The number of ether oxygens (including phenoxy) is 2. The number of nitrogens with one attached hydrogen (secondary N) is 1. The van der Waals surface area contributed by atoms with E-state index in [1.807, 2.05) is 45.0 Å². The first kappa shape index (κ1) is 17.5. The van der Waals surface area contributed by atoms with Gasteiger partial charge in [-0.1, -0.05) is 26.0 Å². The van der Waals surface area contributed by atoms with E-state index in [4.69, 9.17) is 9.47 Å². The molecule has 1 amide bonds. The molecule has 1 aliphatic rings. The summed E-state index contributed by atoms with van der Waals surface area (Å²) in [6, 6.07) is 9.57. The highest BCUT2D eigenvalue weighted by Gasteiger charge is 2.23. The molecule has 1 aliphatic heterocycles. The normalized spacial score (nSPS) is 13.4. The van der Waals surface area contributed by atoms with Crippen molar-refractivity contribution in [3.8, 4) is 16.2 Å². The molecule has 132 valence electrons. The van der Waals surface area contributed by atoms with Gasteiger partial charge in [-0.15, -0.1) is 11.3 Å². The summed E-state index contributed by atoms with van der Waals surface area (Å²) in [6.45, 7) is 6.13. The van der Waals surface area contributed by atoms with Gasteiger partial charge in [0.2, 0.25) is 0 Å². The van der Waals surface area contributed by atoms with E-state index in [1.54, 1.807) is 6.07 Å². The maximum atomic E-state index is 12.3. The molecule has 25 heavy (non-hydrogen) atoms. The lowest BCUT2D eigenvalue weighted by Gasteiger charge is -2.17. The van der Waals surface area contributed by atoms with Crippen LogP contribution in [0, 0.1) is 5.92 Å². The average Bonchev–Trinajstić information content (AvgIpc) is 3.04. The van der Waals surface area contributed by atoms with Crippen LogP contribution in [0.15, 0.2) is 30.3 Å². The van der Waals surface area contributed by atoms with Gasteiger partial charge in [0.15, 0.2) is 6.61 Å². The van der Waals surface area contributed by atoms with Crippen LogP contribution < -0.4 is 10.1 Å². The maximum absolute atomic E-state index is 12.3. The number of hydrogen-bond acceptors (Lipinski definition) is 5. The molecule has 1 atom stereocenters. The van der Waals surface area contributed by atoms with Gasteiger partial charge in [0, 0.05) is 22.0 Å². The van der Waals surface area contributed by atoms with E-state index < -0.39 is 5.97 Å². The minimum Gasteiger partial charge on any atom is -0.488 e. The molecule has 2 aromatic rings. The quantitative estimate of drug-likeness (QED) is 0.828. The van der Waals surface area contributed by atoms with Crippen molar-refractivity contribution in [3.05, 3.63) is 40.8 Å². The minimum absolute atomic E-state index is 0.0360. The molecular weight excluding hydrogens is 338 g/mol. The van der Waals surface area contributed by atoms with Crippen molar-refractivity contribution in [3.63, 3.8) is 0 Å². The third-order valence-corrected chi connectivity index (χ3v) is 5.44. The smallest absolute Gasteiger partial charge is 0.348 e. The monoisotopic (exact) mass is 359 g/mol. The summed E-state index contributed by atoms with van der Waals surface area (Å²) in [4.78, 5) is 25.6. The average molecular weight is 359 g/mol. The second kappa shape index (κ2) is 7.27. The zero-order valence-corrected chi connectivity index (χ0v) is 15.3. The number of amides is 1. The van der Waals surface area contributed by atoms with Crippen LogP contribution in [0.2, 0.25) is 0 Å². The number of fused-ring (bicyclic) bond motifs is 3. The molecule has 1 aromatic heterocycles. The number of esters is 1. The Kier molecular flexibility index (Phi) is 5.08. The summed E-state index contributed by atoms with van der Waals surface area (Å²) in [5.74, 6) is 0.372. The first-order chi connectivity index (χ1) is 12.0. The number of carbonyl (C=O) groups is 2. The summed E-state index contributed by atoms with van der Waals surface area (Å²) in [5.41, 5.74) is 1.95. The highest BCUT2D eigenvalue weighted by Crippen LogP contribution is 2.42. The van der Waals surface area contributed by atoms with E-state index in [2.05, 4.69) is 5.32 Å². The minimum atomic E-state index is -0.482. The molecule has 3 rings (SSSR count). The van der Waals surface area contributed by atoms with E-state index in [1.165, 1.54) is 11.3 Å². The Morgan fingerprint density at radius 2 is 2.04 bits per heavy atom. The van der Waals surface area contributed by atoms with Gasteiger partial charge in [-0.3, -0.25) is 4.79 Å². The molecule has 0 unspecified atom stereocenters. The second-order valence-electron chi connectivity index (χ2n) is 6.43. The zero-order chi connectivity index (χ0) is 18.0. The highest BCUT2D eigenvalue weighted by molar-refractivity contribution is 7.17. The van der Waals surface area contributed by atoms with Crippen LogP contribution in [0.5, 0.6) is 5.75 Å². The Bertz CT molecular complexity index is 796. The lowest BCUT2D eigenvalue weighted by Crippen LogP contribution is -2.38. The van der Waals surface area contributed by atoms with Gasteiger partial charge in [0.25, 0.3) is 5.91 Å². The lowest BCUT2D eigenvalue weighted by atomic mass is 10.1. The number of thiophene rings is 1. The molecule has 2 heterocycles. The zero-order valence-electron chi connectivity index (χ0n) is 14.5. The van der Waals surface area contributed by atoms with Crippen LogP contribution >= 0.6 is 11.3 Å². The number of hydrogen-bond donors (Lipinski definition) is 1. The van der Waals surface area contributed by atoms with Gasteiger partial charge >= 0.3 is 5.97 Å². The topological polar surface area (TPSA) is 64.6 Å². The van der Waals surface area contributed by atoms with Crippen molar-refractivity contribution in [1.29, 1.82) is 0 Å². The number of para-hydroxylation sites is 1. The van der Waals surface area contributed by atoms with E-state index in [9.17, 15) is 9.59 Å². The molecule has 0 saturated carbocycles. The van der Waals surface area contributed by atoms with Crippen molar-refractivity contribution in [2.45, 2.75) is 33.4 Å². The van der Waals surface area contributed by atoms with Gasteiger partial charge in [0.1, 0.15) is 17.2 Å². The van der Waals surface area contributed by atoms with E-state index in [-0.39, 0.29) is 18.6 Å². The van der Waals surface area contributed by atoms with Crippen molar-refractivity contribution in [1.82, 2.24) is 5.32 Å². The van der Waals surface area contributed by atoms with Crippen molar-refractivity contribution in [2.75, 3.05) is 6.61 Å². The fourth-order valence-corrected chi connectivity index (χ4v) is 3.56. The Morgan fingerprint density at radius 3 is 2.80 bits per heavy atom. The van der Waals surface area contributed by atoms with Gasteiger partial charge < -0.3 is 14.8 Å². The molecule has 0 radical (unpaired) electrons. The largest absolute Gasteiger partial charge is 0.488 e. The first-order valence-electron chi connectivity index (χ1n) is 8.27. The summed E-state index contributed by atoms with van der Waals surface area (Å²) >= 11 is 1.37. The molecule has 6 heteroatoms. The van der Waals surface area contributed by atoms with Crippen LogP contribution in [0.25, 0.3) is 10.4 Å². The Morgan fingerprint density at radius 1 is 1.28 bits per heavy atom. The second-order valence-corrected chi connectivity index (χ2v) is 7.48. The fraction of sp³-hybridized carbons (Fsp3) is 0.368. The molecule has 0 saturated heterocycles.